The number of hydrogen-bond acceptors (Lipinski definition) is 7. The Morgan fingerprint density at radius 2 is 1.68 bits per heavy atom. The van der Waals surface area contributed by atoms with E-state index in [2.05, 4.69) is 26.8 Å². The van der Waals surface area contributed by atoms with Crippen molar-refractivity contribution in [2.24, 2.45) is 0 Å². The highest BCUT2D eigenvalue weighted by atomic mass is 16.6. The van der Waals surface area contributed by atoms with Crippen LogP contribution in [-0.4, -0.2) is 46.5 Å². The Balaban J connectivity index is 1.56. The average molecular weight is 519 g/mol. The van der Waals surface area contributed by atoms with Gasteiger partial charge in [0.1, 0.15) is 11.4 Å². The maximum atomic E-state index is 12.3. The van der Waals surface area contributed by atoms with E-state index in [4.69, 9.17) is 14.2 Å². The molecule has 1 saturated heterocycles. The number of epoxide rings is 1. The van der Waals surface area contributed by atoms with Crippen LogP contribution in [0, 0.1) is 0 Å². The van der Waals surface area contributed by atoms with Gasteiger partial charge in [-0.25, -0.2) is 0 Å². The van der Waals surface area contributed by atoms with E-state index in [9.17, 15) is 20.1 Å². The summed E-state index contributed by atoms with van der Waals surface area (Å²) < 4.78 is 16.7. The number of aliphatic hydroxyl groups is 1. The van der Waals surface area contributed by atoms with Gasteiger partial charge in [-0.1, -0.05) is 29.9 Å². The van der Waals surface area contributed by atoms with Gasteiger partial charge in [0.2, 0.25) is 0 Å². The Morgan fingerprint density at radius 1 is 1.03 bits per heavy atom. The highest BCUT2D eigenvalue weighted by Crippen LogP contribution is 2.62. The van der Waals surface area contributed by atoms with Gasteiger partial charge in [-0.05, 0) is 81.2 Å². The van der Waals surface area contributed by atoms with Gasteiger partial charge < -0.3 is 29.5 Å². The number of aliphatic hydroxyl groups excluding tert-OH is 1. The molecule has 7 nitrogen and oxygen atoms in total. The average Bonchev–Trinajstić information content (AvgIpc) is 3.44. The third-order valence-corrected chi connectivity index (χ3v) is 7.32. The molecule has 0 bridgehead atoms. The second kappa shape index (κ2) is 10.4. The SMILES string of the molecule is COc1cc(C=CC(=O)C=C(O)C=Cc2cc(OC)c(O)c([C@H]3C=C(C)CC[C@@]34OC4(C)C)c2)ccc1O. The number of methoxy groups -OCH3 is 2. The topological polar surface area (TPSA) is 109 Å². The molecule has 0 unspecified atom stereocenters. The number of ether oxygens (including phenoxy) is 3. The lowest BCUT2D eigenvalue weighted by atomic mass is 9.71. The van der Waals surface area contributed by atoms with Crippen molar-refractivity contribution in [1.29, 1.82) is 0 Å². The monoisotopic (exact) mass is 518 g/mol. The quantitative estimate of drug-likeness (QED) is 0.125. The zero-order valence-electron chi connectivity index (χ0n) is 22.3. The first-order chi connectivity index (χ1) is 18.0. The third kappa shape index (κ3) is 5.34. The minimum Gasteiger partial charge on any atom is -0.508 e. The lowest BCUT2D eigenvalue weighted by molar-refractivity contribution is -0.110. The maximum absolute atomic E-state index is 12.3. The summed E-state index contributed by atoms with van der Waals surface area (Å²) in [5.74, 6) is -0.106. The normalized spacial score (nSPS) is 22.6. The molecule has 2 aromatic carbocycles. The molecular weight excluding hydrogens is 484 g/mol. The highest BCUT2D eigenvalue weighted by Gasteiger charge is 2.67. The molecule has 7 heteroatoms. The first-order valence-electron chi connectivity index (χ1n) is 12.5. The fourth-order valence-corrected chi connectivity index (χ4v) is 5.14. The second-order valence-electron chi connectivity index (χ2n) is 10.2. The van der Waals surface area contributed by atoms with Crippen LogP contribution in [0.25, 0.3) is 12.2 Å². The molecule has 4 rings (SSSR count). The van der Waals surface area contributed by atoms with Gasteiger partial charge in [-0.2, -0.15) is 0 Å². The molecule has 1 aliphatic carbocycles. The van der Waals surface area contributed by atoms with Crippen molar-refractivity contribution >= 4 is 17.9 Å². The van der Waals surface area contributed by atoms with Crippen LogP contribution in [-0.2, 0) is 9.53 Å². The van der Waals surface area contributed by atoms with Gasteiger partial charge in [0, 0.05) is 17.6 Å². The minimum atomic E-state index is -0.416. The standard InChI is InChI=1S/C31H34O7/c1-19-12-13-31(30(2,3)38-31)25(14-19)24-15-21(17-28(37-5)29(24)35)7-10-23(33)18-22(32)9-6-20-8-11-26(34)27(16-20)36-4/h6-11,14-18,25,33-35H,12-13H2,1-5H3/t25-,31-/m1/s1. The third-order valence-electron chi connectivity index (χ3n) is 7.32. The smallest absolute Gasteiger partial charge is 0.182 e. The van der Waals surface area contributed by atoms with Crippen molar-refractivity contribution in [2.75, 3.05) is 14.2 Å². The van der Waals surface area contributed by atoms with E-state index in [0.29, 0.717) is 28.2 Å². The number of ketones is 1. The lowest BCUT2D eigenvalue weighted by Crippen LogP contribution is -2.31. The minimum absolute atomic E-state index is 0.00542. The van der Waals surface area contributed by atoms with Gasteiger partial charge in [-0.3, -0.25) is 4.79 Å². The molecule has 1 aliphatic heterocycles. The molecule has 2 aromatic rings. The number of benzene rings is 2. The van der Waals surface area contributed by atoms with Crippen molar-refractivity contribution < 1.29 is 34.3 Å². The van der Waals surface area contributed by atoms with Gasteiger partial charge in [0.05, 0.1) is 19.8 Å². The molecule has 38 heavy (non-hydrogen) atoms. The van der Waals surface area contributed by atoms with Crippen molar-refractivity contribution in [3.63, 3.8) is 0 Å². The Bertz CT molecular complexity index is 1360. The van der Waals surface area contributed by atoms with E-state index in [1.54, 1.807) is 30.4 Å². The Kier molecular flexibility index (Phi) is 7.42. The van der Waals surface area contributed by atoms with E-state index in [0.717, 1.165) is 18.9 Å². The second-order valence-corrected chi connectivity index (χ2v) is 10.2. The molecular formula is C31H34O7. The number of rotatable bonds is 8. The Morgan fingerprint density at radius 3 is 2.34 bits per heavy atom. The molecule has 3 N–H and O–H groups in total. The fraction of sp³-hybridized carbons (Fsp3) is 0.323. The Labute approximate surface area is 223 Å². The number of phenolic OH excluding ortho intramolecular Hbond substituents is 2. The first kappa shape index (κ1) is 27.1. The number of phenols is 2. The van der Waals surface area contributed by atoms with Crippen molar-refractivity contribution in [2.45, 2.75) is 50.7 Å². The molecule has 1 spiro atoms. The first-order valence-corrected chi connectivity index (χ1v) is 12.5. The largest absolute Gasteiger partial charge is 0.508 e. The predicted molar refractivity (Wildman–Crippen MR) is 147 cm³/mol. The van der Waals surface area contributed by atoms with Gasteiger partial charge in [-0.15, -0.1) is 0 Å². The van der Waals surface area contributed by atoms with E-state index in [1.807, 2.05) is 6.07 Å². The highest BCUT2D eigenvalue weighted by molar-refractivity contribution is 6.02. The molecule has 2 atom stereocenters. The molecule has 1 fully saturated rings. The van der Waals surface area contributed by atoms with E-state index in [1.165, 1.54) is 38.0 Å². The molecule has 0 radical (unpaired) electrons. The van der Waals surface area contributed by atoms with Gasteiger partial charge >= 0.3 is 0 Å². The molecule has 0 amide bonds. The summed E-state index contributed by atoms with van der Waals surface area (Å²) in [6.07, 6.45) is 11.0. The zero-order valence-corrected chi connectivity index (χ0v) is 22.3. The van der Waals surface area contributed by atoms with Crippen LogP contribution < -0.4 is 9.47 Å². The summed E-state index contributed by atoms with van der Waals surface area (Å²) >= 11 is 0. The van der Waals surface area contributed by atoms with Crippen LogP contribution in [0.4, 0.5) is 0 Å². The van der Waals surface area contributed by atoms with Crippen LogP contribution in [0.2, 0.25) is 0 Å². The van der Waals surface area contributed by atoms with Crippen LogP contribution in [0.1, 0.15) is 56.2 Å². The summed E-state index contributed by atoms with van der Waals surface area (Å²) in [6, 6.07) is 8.25. The van der Waals surface area contributed by atoms with Crippen LogP contribution in [0.5, 0.6) is 23.0 Å². The zero-order chi connectivity index (χ0) is 27.7. The summed E-state index contributed by atoms with van der Waals surface area (Å²) in [4.78, 5) is 12.3. The number of hydrogen-bond donors (Lipinski definition) is 3. The molecule has 2 aliphatic rings. The number of aromatic hydroxyl groups is 2. The lowest BCUT2D eigenvalue weighted by Gasteiger charge is -2.30. The van der Waals surface area contributed by atoms with Gasteiger partial charge in [0.15, 0.2) is 28.8 Å². The van der Waals surface area contributed by atoms with E-state index in [-0.39, 0.29) is 34.4 Å². The van der Waals surface area contributed by atoms with Gasteiger partial charge in [0.25, 0.3) is 0 Å². The summed E-state index contributed by atoms with van der Waals surface area (Å²) in [6.45, 7) is 6.22. The summed E-state index contributed by atoms with van der Waals surface area (Å²) in [7, 11) is 2.94. The molecule has 1 heterocycles. The summed E-state index contributed by atoms with van der Waals surface area (Å²) in [5.41, 5.74) is 2.59. The van der Waals surface area contributed by atoms with E-state index >= 15 is 0 Å². The van der Waals surface area contributed by atoms with E-state index < -0.39 is 5.78 Å². The van der Waals surface area contributed by atoms with Crippen LogP contribution >= 0.6 is 0 Å². The summed E-state index contributed by atoms with van der Waals surface area (Å²) in [5, 5.41) is 31.0. The predicted octanol–water partition coefficient (Wildman–Crippen LogP) is 6.22. The number of carbonyl (C=O) groups is 1. The Hall–Kier alpha value is -3.97. The molecule has 200 valence electrons. The van der Waals surface area contributed by atoms with Crippen LogP contribution in [0.3, 0.4) is 0 Å². The molecule has 0 saturated carbocycles. The number of carbonyl (C=O) groups excluding carboxylic acids is 1. The number of allylic oxidation sites excluding steroid dienone is 4. The van der Waals surface area contributed by atoms with Crippen molar-refractivity contribution in [3.8, 4) is 23.0 Å². The maximum Gasteiger partial charge on any atom is 0.182 e. The fourth-order valence-electron chi connectivity index (χ4n) is 5.14. The van der Waals surface area contributed by atoms with Crippen molar-refractivity contribution in [3.05, 3.63) is 82.7 Å². The van der Waals surface area contributed by atoms with Crippen LogP contribution in [0.15, 0.2) is 66.0 Å². The molecule has 0 aromatic heterocycles. The van der Waals surface area contributed by atoms with Crippen molar-refractivity contribution in [1.82, 2.24) is 0 Å².